The minimum Gasteiger partial charge on any atom is -0.467 e. The highest BCUT2D eigenvalue weighted by molar-refractivity contribution is 7.16. The zero-order valence-corrected chi connectivity index (χ0v) is 24.0. The third kappa shape index (κ3) is 4.22. The molecule has 216 valence electrons. The Kier molecular flexibility index (Phi) is 6.40. The van der Waals surface area contributed by atoms with Crippen LogP contribution in [0.3, 0.4) is 0 Å². The Morgan fingerprint density at radius 3 is 2.83 bits per heavy atom. The number of alkyl halides is 1. The van der Waals surface area contributed by atoms with Gasteiger partial charge in [-0.3, -0.25) is 4.90 Å². The summed E-state index contributed by atoms with van der Waals surface area (Å²) < 4.78 is 26.8. The molecule has 13 heteroatoms. The van der Waals surface area contributed by atoms with Crippen molar-refractivity contribution in [2.75, 3.05) is 43.4 Å². The standard InChI is InChI=1S/C29H30FN9O2S/c1-17(21-4-2-8-34-37-21)41-26-20(12-32)25(35-27(36-26)40-16-29-6-3-9-39(29)13-18(30)10-29)38-14-28(15-38)7-5-22-23(28)19(11-31)24(33)42-22/h2,4,8,17-18H,3,5-7,9-10,13-16,33H2,1H3/t17?,18-,29+/m1/s1. The molecule has 2 N–H and O–H groups in total. The van der Waals surface area contributed by atoms with Gasteiger partial charge in [0.05, 0.1) is 11.1 Å². The van der Waals surface area contributed by atoms with Crippen LogP contribution in [0.2, 0.25) is 0 Å². The van der Waals surface area contributed by atoms with Crippen molar-refractivity contribution >= 4 is 22.2 Å². The average molecular weight is 588 g/mol. The fraction of sp³-hybridized carbons (Fsp3) is 0.517. The maximum atomic E-state index is 14.4. The molecule has 0 saturated carbocycles. The second-order valence-corrected chi connectivity index (χ2v) is 12.9. The number of hydrogen-bond acceptors (Lipinski definition) is 12. The first-order chi connectivity index (χ1) is 20.3. The van der Waals surface area contributed by atoms with E-state index in [4.69, 9.17) is 20.2 Å². The number of anilines is 2. The molecule has 7 rings (SSSR count). The van der Waals surface area contributed by atoms with E-state index in [-0.39, 0.29) is 35.0 Å². The summed E-state index contributed by atoms with van der Waals surface area (Å²) in [6, 6.07) is 8.19. The van der Waals surface area contributed by atoms with E-state index in [1.165, 1.54) is 16.2 Å². The third-order valence-corrected chi connectivity index (χ3v) is 10.3. The van der Waals surface area contributed by atoms with Gasteiger partial charge in [0.25, 0.3) is 0 Å². The zero-order valence-electron chi connectivity index (χ0n) is 23.2. The second-order valence-electron chi connectivity index (χ2n) is 11.8. The van der Waals surface area contributed by atoms with Gasteiger partial charge in [0.2, 0.25) is 5.88 Å². The summed E-state index contributed by atoms with van der Waals surface area (Å²) in [4.78, 5) is 14.6. The second kappa shape index (κ2) is 10.0. The Balaban J connectivity index is 1.21. The molecule has 3 saturated heterocycles. The van der Waals surface area contributed by atoms with Crippen LogP contribution < -0.4 is 20.1 Å². The van der Waals surface area contributed by atoms with Crippen LogP contribution in [0.5, 0.6) is 11.9 Å². The van der Waals surface area contributed by atoms with E-state index in [0.717, 1.165) is 37.8 Å². The normalized spacial score (nSPS) is 24.5. The van der Waals surface area contributed by atoms with Crippen molar-refractivity contribution in [1.29, 1.82) is 10.5 Å². The van der Waals surface area contributed by atoms with Gasteiger partial charge in [-0.2, -0.15) is 30.7 Å². The molecule has 3 aliphatic heterocycles. The Labute approximate surface area is 246 Å². The lowest BCUT2D eigenvalue weighted by Crippen LogP contribution is -2.59. The largest absolute Gasteiger partial charge is 0.467 e. The molecular formula is C29H30FN9O2S. The minimum atomic E-state index is -0.879. The number of aromatic nitrogens is 4. The number of fused-ring (bicyclic) bond motifs is 3. The van der Waals surface area contributed by atoms with Crippen molar-refractivity contribution < 1.29 is 13.9 Å². The summed E-state index contributed by atoms with van der Waals surface area (Å²) in [5.41, 5.74) is 7.97. The van der Waals surface area contributed by atoms with E-state index < -0.39 is 12.3 Å². The zero-order chi connectivity index (χ0) is 29.1. The van der Waals surface area contributed by atoms with E-state index in [0.29, 0.717) is 48.1 Å². The number of ether oxygens (including phenoxy) is 2. The molecule has 1 unspecified atom stereocenters. The third-order valence-electron chi connectivity index (χ3n) is 9.24. The van der Waals surface area contributed by atoms with Crippen LogP contribution in [0.15, 0.2) is 18.3 Å². The van der Waals surface area contributed by atoms with E-state index >= 15 is 0 Å². The highest BCUT2D eigenvalue weighted by Crippen LogP contribution is 2.53. The van der Waals surface area contributed by atoms with Gasteiger partial charge in [-0.05, 0) is 56.8 Å². The molecule has 3 atom stereocenters. The van der Waals surface area contributed by atoms with Crippen LogP contribution >= 0.6 is 11.3 Å². The summed E-state index contributed by atoms with van der Waals surface area (Å²) in [6.45, 7) is 4.49. The molecule has 0 radical (unpaired) electrons. The van der Waals surface area contributed by atoms with Crippen molar-refractivity contribution in [2.24, 2.45) is 0 Å². The number of halogens is 1. The Bertz CT molecular complexity index is 1610. The summed E-state index contributed by atoms with van der Waals surface area (Å²) in [7, 11) is 0. The summed E-state index contributed by atoms with van der Waals surface area (Å²) >= 11 is 1.50. The van der Waals surface area contributed by atoms with Crippen LogP contribution in [0.1, 0.15) is 66.0 Å². The number of nitrogens with two attached hydrogens (primary N) is 1. The van der Waals surface area contributed by atoms with Gasteiger partial charge in [-0.15, -0.1) is 11.3 Å². The first-order valence-electron chi connectivity index (χ1n) is 14.2. The molecule has 11 nitrogen and oxygen atoms in total. The van der Waals surface area contributed by atoms with Crippen molar-refractivity contribution in [3.8, 4) is 24.0 Å². The molecule has 6 heterocycles. The quantitative estimate of drug-likeness (QED) is 0.433. The predicted octanol–water partition coefficient (Wildman–Crippen LogP) is 3.45. The maximum Gasteiger partial charge on any atom is 0.321 e. The lowest BCUT2D eigenvalue weighted by Gasteiger charge is -2.49. The predicted molar refractivity (Wildman–Crippen MR) is 152 cm³/mol. The van der Waals surface area contributed by atoms with Crippen molar-refractivity contribution in [3.05, 3.63) is 45.6 Å². The monoisotopic (exact) mass is 587 g/mol. The minimum absolute atomic E-state index is 0.0828. The number of rotatable bonds is 7. The molecule has 3 aromatic rings. The van der Waals surface area contributed by atoms with Crippen molar-refractivity contribution in [3.63, 3.8) is 0 Å². The smallest absolute Gasteiger partial charge is 0.321 e. The van der Waals surface area contributed by atoms with Crippen molar-refractivity contribution in [1.82, 2.24) is 25.1 Å². The highest BCUT2D eigenvalue weighted by atomic mass is 32.1. The molecule has 42 heavy (non-hydrogen) atoms. The molecule has 3 fully saturated rings. The molecule has 0 bridgehead atoms. The van der Waals surface area contributed by atoms with E-state index in [9.17, 15) is 14.9 Å². The van der Waals surface area contributed by atoms with Crippen LogP contribution in [-0.2, 0) is 11.8 Å². The average Bonchev–Trinajstić information content (AvgIpc) is 3.69. The molecular weight excluding hydrogens is 557 g/mol. The number of thiophene rings is 1. The van der Waals surface area contributed by atoms with Gasteiger partial charge < -0.3 is 20.1 Å². The maximum absolute atomic E-state index is 14.4. The first kappa shape index (κ1) is 26.8. The fourth-order valence-electron chi connectivity index (χ4n) is 7.27. The lowest BCUT2D eigenvalue weighted by molar-refractivity contribution is 0.105. The van der Waals surface area contributed by atoms with Crippen LogP contribution in [0, 0.1) is 22.7 Å². The fourth-order valence-corrected chi connectivity index (χ4v) is 8.41. The van der Waals surface area contributed by atoms with Gasteiger partial charge in [0.15, 0.2) is 11.4 Å². The SMILES string of the molecule is CC(Oc1nc(OC[C@@]23CCCN2C[C@H](F)C3)nc(N2CC3(CCc4sc(N)c(C#N)c43)C2)c1C#N)c1cccnn1. The molecule has 1 spiro atoms. The Morgan fingerprint density at radius 2 is 2.07 bits per heavy atom. The summed E-state index contributed by atoms with van der Waals surface area (Å²) in [5.74, 6) is 0.511. The molecule has 0 amide bonds. The molecule has 0 aromatic carbocycles. The van der Waals surface area contributed by atoms with Gasteiger partial charge in [0, 0.05) is 42.5 Å². The van der Waals surface area contributed by atoms with Gasteiger partial charge in [-0.25, -0.2) is 4.39 Å². The van der Waals surface area contributed by atoms with E-state index in [2.05, 4.69) is 32.2 Å². The molecule has 1 aliphatic carbocycles. The van der Waals surface area contributed by atoms with E-state index in [1.807, 2.05) is 11.8 Å². The number of nitrogens with zero attached hydrogens (tertiary/aromatic N) is 8. The highest BCUT2D eigenvalue weighted by Gasteiger charge is 2.53. The topological polar surface area (TPSA) is 150 Å². The van der Waals surface area contributed by atoms with Gasteiger partial charge in [-0.1, -0.05) is 0 Å². The number of hydrogen-bond donors (Lipinski definition) is 1. The number of nitriles is 2. The summed E-state index contributed by atoms with van der Waals surface area (Å²) in [5, 5.41) is 28.7. The number of aryl methyl sites for hydroxylation is 1. The Hall–Kier alpha value is -4.07. The van der Waals surface area contributed by atoms with Crippen LogP contribution in [0.25, 0.3) is 0 Å². The van der Waals surface area contributed by atoms with Crippen molar-refractivity contribution in [2.45, 2.75) is 62.3 Å². The van der Waals surface area contributed by atoms with Crippen LogP contribution in [0.4, 0.5) is 15.2 Å². The lowest BCUT2D eigenvalue weighted by atomic mass is 9.74. The Morgan fingerprint density at radius 1 is 1.24 bits per heavy atom. The van der Waals surface area contributed by atoms with Crippen LogP contribution in [-0.4, -0.2) is 69.6 Å². The van der Waals surface area contributed by atoms with Gasteiger partial charge in [0.1, 0.15) is 41.7 Å². The van der Waals surface area contributed by atoms with E-state index in [1.54, 1.807) is 18.3 Å². The number of nitrogen functional groups attached to an aromatic ring is 1. The summed E-state index contributed by atoms with van der Waals surface area (Å²) in [6.07, 6.45) is 4.21. The molecule has 3 aromatic heterocycles. The van der Waals surface area contributed by atoms with Gasteiger partial charge >= 0.3 is 6.01 Å². The molecule has 4 aliphatic rings. The first-order valence-corrected chi connectivity index (χ1v) is 15.0.